The molecule has 0 heterocycles. The Bertz CT molecular complexity index is 1350. The maximum Gasteiger partial charge on any atom is 0.264 e. The number of carbonyl (C=O) groups is 2. The van der Waals surface area contributed by atoms with Gasteiger partial charge >= 0.3 is 0 Å². The minimum atomic E-state index is -4.22. The number of sulfonamides is 1. The molecule has 0 radical (unpaired) electrons. The van der Waals surface area contributed by atoms with E-state index < -0.39 is 28.5 Å². The summed E-state index contributed by atoms with van der Waals surface area (Å²) in [5.74, 6) is -0.183. The number of hydrogen-bond donors (Lipinski definition) is 1. The molecule has 0 aromatic heterocycles. The van der Waals surface area contributed by atoms with Gasteiger partial charge in [-0.2, -0.15) is 0 Å². The lowest BCUT2D eigenvalue weighted by Crippen LogP contribution is -2.52. The number of likely N-dealkylation sites (N-methyl/N-ethyl adjacent to an activating group) is 1. The quantitative estimate of drug-likeness (QED) is 0.347. The van der Waals surface area contributed by atoms with Gasteiger partial charge in [0.15, 0.2) is 11.5 Å². The molecule has 1 atom stereocenters. The van der Waals surface area contributed by atoms with Crippen LogP contribution in [0.2, 0.25) is 0 Å². The van der Waals surface area contributed by atoms with Crippen LogP contribution in [0.1, 0.15) is 18.9 Å². The van der Waals surface area contributed by atoms with E-state index in [2.05, 4.69) is 5.32 Å². The number of amides is 2. The van der Waals surface area contributed by atoms with Crippen molar-refractivity contribution >= 4 is 27.5 Å². The van der Waals surface area contributed by atoms with Gasteiger partial charge < -0.3 is 19.7 Å². The molecule has 2 amide bonds. The highest BCUT2D eigenvalue weighted by Crippen LogP contribution is 2.32. The molecule has 0 aliphatic heterocycles. The summed E-state index contributed by atoms with van der Waals surface area (Å²) in [6, 6.07) is 21.5. The van der Waals surface area contributed by atoms with Gasteiger partial charge in [0.25, 0.3) is 10.0 Å². The van der Waals surface area contributed by atoms with Crippen LogP contribution in [0.4, 0.5) is 5.69 Å². The van der Waals surface area contributed by atoms with Crippen molar-refractivity contribution in [2.45, 2.75) is 30.7 Å². The number of ether oxygens (including phenoxy) is 2. The fourth-order valence-corrected chi connectivity index (χ4v) is 5.72. The van der Waals surface area contributed by atoms with E-state index in [0.29, 0.717) is 24.3 Å². The zero-order chi connectivity index (χ0) is 28.4. The number of methoxy groups -OCH3 is 2. The monoisotopic (exact) mass is 553 g/mol. The Labute approximate surface area is 230 Å². The number of benzene rings is 3. The van der Waals surface area contributed by atoms with Crippen LogP contribution in [0.5, 0.6) is 11.5 Å². The summed E-state index contributed by atoms with van der Waals surface area (Å²) >= 11 is 0. The lowest BCUT2D eigenvalue weighted by Gasteiger charge is -2.33. The fourth-order valence-electron chi connectivity index (χ4n) is 4.29. The van der Waals surface area contributed by atoms with E-state index in [-0.39, 0.29) is 23.1 Å². The van der Waals surface area contributed by atoms with E-state index in [4.69, 9.17) is 9.47 Å². The Balaban J connectivity index is 2.01. The third-order valence-electron chi connectivity index (χ3n) is 6.38. The Morgan fingerprint density at radius 1 is 0.897 bits per heavy atom. The Kier molecular flexibility index (Phi) is 10.3. The molecule has 0 bridgehead atoms. The summed E-state index contributed by atoms with van der Waals surface area (Å²) in [6.45, 7) is 1.56. The first kappa shape index (κ1) is 29.5. The summed E-state index contributed by atoms with van der Waals surface area (Å²) in [6.07, 6.45) is 0.877. The van der Waals surface area contributed by atoms with Crippen molar-refractivity contribution in [2.24, 2.45) is 0 Å². The zero-order valence-electron chi connectivity index (χ0n) is 22.7. The number of rotatable bonds is 13. The van der Waals surface area contributed by atoms with Crippen LogP contribution < -0.4 is 19.1 Å². The van der Waals surface area contributed by atoms with Crippen molar-refractivity contribution in [3.63, 3.8) is 0 Å². The third-order valence-corrected chi connectivity index (χ3v) is 8.15. The molecule has 9 nitrogen and oxygen atoms in total. The maximum atomic E-state index is 13.9. The van der Waals surface area contributed by atoms with E-state index in [0.717, 1.165) is 9.87 Å². The summed E-state index contributed by atoms with van der Waals surface area (Å²) in [7, 11) is 0.178. The van der Waals surface area contributed by atoms with E-state index in [9.17, 15) is 18.0 Å². The van der Waals surface area contributed by atoms with Gasteiger partial charge in [-0.1, -0.05) is 55.5 Å². The number of nitrogens with one attached hydrogen (secondary N) is 1. The van der Waals surface area contributed by atoms with Crippen molar-refractivity contribution in [3.8, 4) is 11.5 Å². The molecule has 3 rings (SSSR count). The van der Waals surface area contributed by atoms with Gasteiger partial charge in [0.05, 0.1) is 24.8 Å². The normalized spacial score (nSPS) is 11.8. The molecule has 0 fully saturated rings. The molecular weight excluding hydrogens is 518 g/mol. The van der Waals surface area contributed by atoms with Gasteiger partial charge in [-0.05, 0) is 42.7 Å². The highest BCUT2D eigenvalue weighted by Gasteiger charge is 2.33. The van der Waals surface area contributed by atoms with Crippen LogP contribution in [-0.2, 0) is 26.0 Å². The van der Waals surface area contributed by atoms with E-state index >= 15 is 0 Å². The van der Waals surface area contributed by atoms with Crippen molar-refractivity contribution < 1.29 is 27.5 Å². The minimum absolute atomic E-state index is 0.0639. The third kappa shape index (κ3) is 7.08. The second kappa shape index (κ2) is 13.7. The fraction of sp³-hybridized carbons (Fsp3) is 0.310. The molecule has 208 valence electrons. The van der Waals surface area contributed by atoms with E-state index in [1.165, 1.54) is 44.4 Å². The number of nitrogens with zero attached hydrogens (tertiary/aromatic N) is 2. The van der Waals surface area contributed by atoms with Gasteiger partial charge in [-0.3, -0.25) is 13.9 Å². The van der Waals surface area contributed by atoms with Crippen LogP contribution in [0.25, 0.3) is 0 Å². The minimum Gasteiger partial charge on any atom is -0.493 e. The van der Waals surface area contributed by atoms with Crippen molar-refractivity contribution in [1.82, 2.24) is 10.2 Å². The number of hydrogen-bond acceptors (Lipinski definition) is 6. The molecule has 0 aliphatic rings. The van der Waals surface area contributed by atoms with Crippen LogP contribution in [-0.4, -0.2) is 65.5 Å². The van der Waals surface area contributed by atoms with Crippen LogP contribution in [0.15, 0.2) is 83.8 Å². The molecule has 0 spiro atoms. The van der Waals surface area contributed by atoms with E-state index in [1.807, 2.05) is 37.3 Å². The highest BCUT2D eigenvalue weighted by atomic mass is 32.2. The van der Waals surface area contributed by atoms with Crippen molar-refractivity contribution in [1.29, 1.82) is 0 Å². The first-order valence-electron chi connectivity index (χ1n) is 12.6. The lowest BCUT2D eigenvalue weighted by atomic mass is 10.1. The molecular formula is C29H35N3O6S. The Morgan fingerprint density at radius 2 is 1.51 bits per heavy atom. The van der Waals surface area contributed by atoms with Gasteiger partial charge in [-0.25, -0.2) is 8.42 Å². The molecule has 0 saturated heterocycles. The first-order valence-corrected chi connectivity index (χ1v) is 14.1. The molecule has 10 heteroatoms. The molecule has 1 unspecified atom stereocenters. The van der Waals surface area contributed by atoms with E-state index in [1.54, 1.807) is 30.3 Å². The standard InChI is InChI=1S/C29H35N3O6S/c1-5-25(29(34)30-2)31(19-18-22-12-8-6-9-13-22)28(33)21-32(23-14-10-7-11-15-23)39(35,36)24-16-17-26(37-3)27(20-24)38-4/h6-17,20,25H,5,18-19,21H2,1-4H3,(H,30,34). The van der Waals surface area contributed by atoms with Gasteiger partial charge in [0.1, 0.15) is 12.6 Å². The van der Waals surface area contributed by atoms with Crippen LogP contribution in [0.3, 0.4) is 0 Å². The lowest BCUT2D eigenvalue weighted by molar-refractivity contribution is -0.139. The maximum absolute atomic E-state index is 13.9. The predicted octanol–water partition coefficient (Wildman–Crippen LogP) is 3.50. The number of carbonyl (C=O) groups excluding carboxylic acids is 2. The Morgan fingerprint density at radius 3 is 2.08 bits per heavy atom. The van der Waals surface area contributed by atoms with Gasteiger partial charge in [0.2, 0.25) is 11.8 Å². The summed E-state index contributed by atoms with van der Waals surface area (Å²) in [5, 5.41) is 2.62. The second-order valence-electron chi connectivity index (χ2n) is 8.73. The summed E-state index contributed by atoms with van der Waals surface area (Å²) < 4.78 is 39.5. The van der Waals surface area contributed by atoms with Gasteiger partial charge in [-0.15, -0.1) is 0 Å². The smallest absolute Gasteiger partial charge is 0.264 e. The number of para-hydroxylation sites is 1. The largest absolute Gasteiger partial charge is 0.493 e. The Hall–Kier alpha value is -4.05. The molecule has 0 saturated carbocycles. The highest BCUT2D eigenvalue weighted by molar-refractivity contribution is 7.92. The molecule has 1 N–H and O–H groups in total. The van der Waals surface area contributed by atoms with Crippen LogP contribution in [0, 0.1) is 0 Å². The van der Waals surface area contributed by atoms with Crippen LogP contribution >= 0.6 is 0 Å². The SMILES string of the molecule is CCC(C(=O)NC)N(CCc1ccccc1)C(=O)CN(c1ccccc1)S(=O)(=O)c1ccc(OC)c(OC)c1. The first-order chi connectivity index (χ1) is 18.8. The molecule has 39 heavy (non-hydrogen) atoms. The summed E-state index contributed by atoms with van der Waals surface area (Å²) in [4.78, 5) is 28.0. The van der Waals surface area contributed by atoms with Gasteiger partial charge in [0, 0.05) is 19.7 Å². The van der Waals surface area contributed by atoms with Crippen molar-refractivity contribution in [2.75, 3.05) is 38.7 Å². The second-order valence-corrected chi connectivity index (χ2v) is 10.6. The average Bonchev–Trinajstić information content (AvgIpc) is 2.97. The van der Waals surface area contributed by atoms with Crippen molar-refractivity contribution in [3.05, 3.63) is 84.4 Å². The molecule has 3 aromatic carbocycles. The summed E-state index contributed by atoms with van der Waals surface area (Å²) in [5.41, 5.74) is 1.32. The topological polar surface area (TPSA) is 105 Å². The molecule has 3 aromatic rings. The predicted molar refractivity (Wildman–Crippen MR) is 151 cm³/mol. The molecule has 0 aliphatic carbocycles. The average molecular weight is 554 g/mol. The number of anilines is 1. The zero-order valence-corrected chi connectivity index (χ0v) is 23.5.